The average Bonchev–Trinajstić information content (AvgIpc) is 2.80. The molecular weight excluding hydrogens is 328 g/mol. The molecule has 2 N–H and O–H groups in total. The number of carbonyl (C=O) groups excluding carboxylic acids is 1. The highest BCUT2D eigenvalue weighted by atomic mass is 16.6. The largest absolute Gasteiger partial charge is 0.460 e. The maximum Gasteiger partial charge on any atom is 0.302 e. The third-order valence-corrected chi connectivity index (χ3v) is 8.64. The van der Waals surface area contributed by atoms with Crippen molar-refractivity contribution in [1.82, 2.24) is 0 Å². The highest BCUT2D eigenvalue weighted by Crippen LogP contribution is 2.65. The van der Waals surface area contributed by atoms with Crippen LogP contribution in [0, 0.1) is 34.5 Å². The number of carbonyl (C=O) groups is 1. The summed E-state index contributed by atoms with van der Waals surface area (Å²) in [5, 5.41) is 22.0. The zero-order chi connectivity index (χ0) is 18.9. The monoisotopic (exact) mass is 362 g/mol. The molecule has 0 radical (unpaired) electrons. The lowest BCUT2D eigenvalue weighted by Gasteiger charge is -2.58. The molecule has 0 spiro atoms. The van der Waals surface area contributed by atoms with E-state index in [1.54, 1.807) is 0 Å². The highest BCUT2D eigenvalue weighted by Gasteiger charge is 2.63. The van der Waals surface area contributed by atoms with Gasteiger partial charge in [-0.3, -0.25) is 4.79 Å². The Morgan fingerprint density at radius 1 is 1.19 bits per heavy atom. The van der Waals surface area contributed by atoms with Crippen LogP contribution in [0.4, 0.5) is 0 Å². The van der Waals surface area contributed by atoms with Crippen molar-refractivity contribution in [1.29, 1.82) is 0 Å². The van der Waals surface area contributed by atoms with Crippen LogP contribution in [0.2, 0.25) is 0 Å². The second-order valence-corrected chi connectivity index (χ2v) is 10.1. The van der Waals surface area contributed by atoms with Crippen LogP contribution in [0.5, 0.6) is 0 Å². The van der Waals surface area contributed by atoms with Gasteiger partial charge < -0.3 is 14.9 Å². The molecule has 0 heterocycles. The summed E-state index contributed by atoms with van der Waals surface area (Å²) in [6, 6.07) is 0. The maximum absolute atomic E-state index is 11.5. The topological polar surface area (TPSA) is 66.8 Å². The lowest BCUT2D eigenvalue weighted by Crippen LogP contribution is -2.55. The van der Waals surface area contributed by atoms with Gasteiger partial charge >= 0.3 is 5.97 Å². The van der Waals surface area contributed by atoms with Gasteiger partial charge in [0.15, 0.2) is 0 Å². The Labute approximate surface area is 157 Å². The quantitative estimate of drug-likeness (QED) is 0.554. The number of hydrogen-bond donors (Lipinski definition) is 2. The molecule has 3 fully saturated rings. The van der Waals surface area contributed by atoms with Crippen molar-refractivity contribution in [2.75, 3.05) is 0 Å². The van der Waals surface area contributed by atoms with E-state index in [-0.39, 0.29) is 28.6 Å². The SMILES string of the molecule is CC(=O)O[C@@H]1CC2C3C(CC[C@]2(C)[C@H]1O)[C@@]1(C)CC[C@@H](C)CC1=C[C@@H]3O. The molecule has 3 saturated carbocycles. The van der Waals surface area contributed by atoms with Gasteiger partial charge in [0.25, 0.3) is 0 Å². The van der Waals surface area contributed by atoms with Crippen LogP contribution in [-0.2, 0) is 9.53 Å². The van der Waals surface area contributed by atoms with Gasteiger partial charge in [-0.1, -0.05) is 32.4 Å². The Hall–Kier alpha value is -0.870. The molecule has 3 unspecified atom stereocenters. The maximum atomic E-state index is 11.5. The summed E-state index contributed by atoms with van der Waals surface area (Å²) in [6.07, 6.45) is 6.87. The standard InChI is InChI=1S/C22H34O4/c1-12-5-7-21(3)14(9-12)10-17(24)19-15(21)6-8-22(4)16(19)11-18(20(22)25)26-13(2)23/h10,12,15-20,24-25H,5-9,11H2,1-4H3/t12-,15?,16?,17+,18-,19?,20+,21+,22+/m1/s1. The van der Waals surface area contributed by atoms with Crippen molar-refractivity contribution in [3.05, 3.63) is 11.6 Å². The van der Waals surface area contributed by atoms with Crippen LogP contribution in [0.25, 0.3) is 0 Å². The molecule has 0 saturated heterocycles. The van der Waals surface area contributed by atoms with E-state index in [1.165, 1.54) is 25.3 Å². The van der Waals surface area contributed by atoms with Crippen LogP contribution in [0.1, 0.15) is 66.2 Å². The molecule has 26 heavy (non-hydrogen) atoms. The van der Waals surface area contributed by atoms with E-state index in [1.807, 2.05) is 0 Å². The zero-order valence-electron chi connectivity index (χ0n) is 16.6. The molecule has 4 aliphatic carbocycles. The smallest absolute Gasteiger partial charge is 0.302 e. The molecule has 0 aromatic rings. The van der Waals surface area contributed by atoms with E-state index in [0.29, 0.717) is 18.3 Å². The summed E-state index contributed by atoms with van der Waals surface area (Å²) in [5.41, 5.74) is 1.37. The summed E-state index contributed by atoms with van der Waals surface area (Å²) in [4.78, 5) is 11.5. The van der Waals surface area contributed by atoms with E-state index in [9.17, 15) is 15.0 Å². The van der Waals surface area contributed by atoms with Gasteiger partial charge in [0.2, 0.25) is 0 Å². The van der Waals surface area contributed by atoms with Crippen molar-refractivity contribution < 1.29 is 19.7 Å². The first-order chi connectivity index (χ1) is 12.2. The van der Waals surface area contributed by atoms with E-state index in [4.69, 9.17) is 4.74 Å². The van der Waals surface area contributed by atoms with Gasteiger partial charge in [0.05, 0.1) is 12.2 Å². The predicted octanol–water partition coefficient (Wildman–Crippen LogP) is 3.46. The Balaban J connectivity index is 1.68. The van der Waals surface area contributed by atoms with E-state index in [0.717, 1.165) is 19.3 Å². The van der Waals surface area contributed by atoms with Crippen LogP contribution in [-0.4, -0.2) is 34.5 Å². The predicted molar refractivity (Wildman–Crippen MR) is 99.2 cm³/mol. The molecule has 0 aromatic carbocycles. The van der Waals surface area contributed by atoms with Crippen LogP contribution < -0.4 is 0 Å². The van der Waals surface area contributed by atoms with E-state index >= 15 is 0 Å². The minimum Gasteiger partial charge on any atom is -0.460 e. The van der Waals surface area contributed by atoms with Crippen molar-refractivity contribution >= 4 is 5.97 Å². The highest BCUT2D eigenvalue weighted by molar-refractivity contribution is 5.66. The number of aliphatic hydroxyl groups is 2. The second-order valence-electron chi connectivity index (χ2n) is 10.1. The molecule has 146 valence electrons. The van der Waals surface area contributed by atoms with Gasteiger partial charge in [-0.25, -0.2) is 0 Å². The Morgan fingerprint density at radius 2 is 1.92 bits per heavy atom. The van der Waals surface area contributed by atoms with Gasteiger partial charge in [-0.05, 0) is 67.6 Å². The summed E-state index contributed by atoms with van der Waals surface area (Å²) >= 11 is 0. The van der Waals surface area contributed by atoms with Gasteiger partial charge in [-0.2, -0.15) is 0 Å². The summed E-state index contributed by atoms with van der Waals surface area (Å²) < 4.78 is 5.46. The minimum atomic E-state index is -0.630. The normalized spacial score (nSPS) is 53.2. The number of ether oxygens (including phenoxy) is 1. The molecule has 9 atom stereocenters. The van der Waals surface area contributed by atoms with Crippen LogP contribution in [0.15, 0.2) is 11.6 Å². The molecule has 0 amide bonds. The Morgan fingerprint density at radius 3 is 2.62 bits per heavy atom. The molecule has 4 nitrogen and oxygen atoms in total. The van der Waals surface area contributed by atoms with Gasteiger partial charge in [0.1, 0.15) is 6.10 Å². The first-order valence-corrected chi connectivity index (χ1v) is 10.4. The molecule has 0 aliphatic heterocycles. The third kappa shape index (κ3) is 2.51. The lowest BCUT2D eigenvalue weighted by atomic mass is 9.47. The van der Waals surface area contributed by atoms with E-state index < -0.39 is 18.3 Å². The van der Waals surface area contributed by atoms with E-state index in [2.05, 4.69) is 26.8 Å². The molecule has 4 rings (SSSR count). The number of fused-ring (bicyclic) bond motifs is 5. The van der Waals surface area contributed by atoms with Gasteiger partial charge in [-0.15, -0.1) is 0 Å². The molecular formula is C22H34O4. The average molecular weight is 363 g/mol. The van der Waals surface area contributed by atoms with Crippen molar-refractivity contribution in [3.8, 4) is 0 Å². The minimum absolute atomic E-state index is 0.158. The number of esters is 1. The Bertz CT molecular complexity index is 628. The number of hydrogen-bond acceptors (Lipinski definition) is 4. The second kappa shape index (κ2) is 6.07. The van der Waals surface area contributed by atoms with Crippen molar-refractivity contribution in [3.63, 3.8) is 0 Å². The number of allylic oxidation sites excluding steroid dienone is 1. The summed E-state index contributed by atoms with van der Waals surface area (Å²) in [6.45, 7) is 8.27. The zero-order valence-corrected chi connectivity index (χ0v) is 16.6. The van der Waals surface area contributed by atoms with Crippen LogP contribution >= 0.6 is 0 Å². The Kier molecular flexibility index (Phi) is 4.31. The summed E-state index contributed by atoms with van der Waals surface area (Å²) in [5.74, 6) is 1.20. The lowest BCUT2D eigenvalue weighted by molar-refractivity contribution is -0.153. The van der Waals surface area contributed by atoms with Crippen molar-refractivity contribution in [2.45, 2.75) is 84.5 Å². The fraction of sp³-hybridized carbons (Fsp3) is 0.864. The molecule has 0 aromatic heterocycles. The number of aliphatic hydroxyl groups excluding tert-OH is 2. The molecule has 0 bridgehead atoms. The van der Waals surface area contributed by atoms with Crippen molar-refractivity contribution in [2.24, 2.45) is 34.5 Å². The first kappa shape index (κ1) is 18.5. The summed E-state index contributed by atoms with van der Waals surface area (Å²) in [7, 11) is 0. The molecule has 4 heteroatoms. The van der Waals surface area contributed by atoms with Gasteiger partial charge in [0, 0.05) is 12.3 Å². The third-order valence-electron chi connectivity index (χ3n) is 8.64. The number of rotatable bonds is 1. The first-order valence-electron chi connectivity index (χ1n) is 10.4. The fourth-order valence-corrected chi connectivity index (χ4v) is 7.12. The molecule has 4 aliphatic rings. The van der Waals surface area contributed by atoms with Crippen LogP contribution in [0.3, 0.4) is 0 Å². The fourth-order valence-electron chi connectivity index (χ4n) is 7.12.